The third-order valence-electron chi connectivity index (χ3n) is 2.59. The molecule has 0 spiro atoms. The molecule has 1 aromatic carbocycles. The van der Waals surface area contributed by atoms with Crippen LogP contribution in [-0.4, -0.2) is 44.0 Å². The fourth-order valence-corrected chi connectivity index (χ4v) is 1.56. The predicted octanol–water partition coefficient (Wildman–Crippen LogP) is 1.01. The fourth-order valence-electron chi connectivity index (χ4n) is 1.56. The maximum Gasteiger partial charge on any atom is 0.316 e. The molecule has 0 saturated heterocycles. The van der Waals surface area contributed by atoms with Crippen molar-refractivity contribution in [2.24, 2.45) is 0 Å². The number of hydrogen-bond donors (Lipinski definition) is 3. The summed E-state index contributed by atoms with van der Waals surface area (Å²) in [6, 6.07) is 7.55. The highest BCUT2D eigenvalue weighted by atomic mass is 16.2. The van der Waals surface area contributed by atoms with Crippen molar-refractivity contribution in [1.29, 1.82) is 0 Å². The number of urea groups is 1. The van der Waals surface area contributed by atoms with Crippen LogP contribution in [0.15, 0.2) is 24.3 Å². The van der Waals surface area contributed by atoms with Gasteiger partial charge in [0, 0.05) is 46.3 Å². The first kappa shape index (κ1) is 16.0. The first-order valence-corrected chi connectivity index (χ1v) is 6.51. The van der Waals surface area contributed by atoms with Gasteiger partial charge in [-0.05, 0) is 17.7 Å². The number of anilines is 1. The van der Waals surface area contributed by atoms with Crippen LogP contribution in [0.3, 0.4) is 0 Å². The summed E-state index contributed by atoms with van der Waals surface area (Å²) in [5.74, 6) is -0.0764. The van der Waals surface area contributed by atoms with E-state index in [1.807, 2.05) is 24.3 Å². The van der Waals surface area contributed by atoms with E-state index in [0.29, 0.717) is 13.1 Å². The first-order chi connectivity index (χ1) is 9.49. The van der Waals surface area contributed by atoms with E-state index in [2.05, 4.69) is 16.0 Å². The summed E-state index contributed by atoms with van der Waals surface area (Å²) in [6.45, 7) is 3.49. The van der Waals surface area contributed by atoms with Gasteiger partial charge in [0.1, 0.15) is 0 Å². The number of benzene rings is 1. The number of amides is 3. The SMILES string of the molecule is CC(=O)Nc1ccc(CNCCNC(=O)N(C)C)cc1. The summed E-state index contributed by atoms with van der Waals surface area (Å²) in [5.41, 5.74) is 1.91. The lowest BCUT2D eigenvalue weighted by atomic mass is 10.2. The zero-order valence-electron chi connectivity index (χ0n) is 12.2. The van der Waals surface area contributed by atoms with Crippen LogP contribution in [-0.2, 0) is 11.3 Å². The number of hydrogen-bond acceptors (Lipinski definition) is 3. The Morgan fingerprint density at radius 1 is 1.10 bits per heavy atom. The molecule has 6 heteroatoms. The first-order valence-electron chi connectivity index (χ1n) is 6.51. The number of carbonyl (C=O) groups is 2. The molecule has 0 aliphatic carbocycles. The van der Waals surface area contributed by atoms with Gasteiger partial charge in [-0.15, -0.1) is 0 Å². The maximum atomic E-state index is 11.3. The van der Waals surface area contributed by atoms with Gasteiger partial charge in [-0.1, -0.05) is 12.1 Å². The monoisotopic (exact) mass is 278 g/mol. The van der Waals surface area contributed by atoms with Crippen molar-refractivity contribution < 1.29 is 9.59 Å². The second-order valence-corrected chi connectivity index (χ2v) is 4.68. The minimum absolute atomic E-state index is 0.0764. The highest BCUT2D eigenvalue weighted by Crippen LogP contribution is 2.08. The Balaban J connectivity index is 2.22. The standard InChI is InChI=1S/C14H22N4O2/c1-11(19)17-13-6-4-12(5-7-13)10-15-8-9-16-14(20)18(2)3/h4-7,15H,8-10H2,1-3H3,(H,16,20)(H,17,19). The smallest absolute Gasteiger partial charge is 0.316 e. The van der Waals surface area contributed by atoms with E-state index in [1.165, 1.54) is 11.8 Å². The van der Waals surface area contributed by atoms with Gasteiger partial charge < -0.3 is 20.9 Å². The zero-order valence-corrected chi connectivity index (χ0v) is 12.2. The average molecular weight is 278 g/mol. The molecule has 1 rings (SSSR count). The number of carbonyl (C=O) groups excluding carboxylic acids is 2. The van der Waals surface area contributed by atoms with Gasteiger partial charge in [0.05, 0.1) is 0 Å². The van der Waals surface area contributed by atoms with Gasteiger partial charge in [0.15, 0.2) is 0 Å². The van der Waals surface area contributed by atoms with Crippen molar-refractivity contribution in [3.8, 4) is 0 Å². The van der Waals surface area contributed by atoms with Crippen LogP contribution >= 0.6 is 0 Å². The van der Waals surface area contributed by atoms with Gasteiger partial charge in [-0.2, -0.15) is 0 Å². The molecule has 0 atom stereocenters. The van der Waals surface area contributed by atoms with Crippen LogP contribution in [0, 0.1) is 0 Å². The van der Waals surface area contributed by atoms with Gasteiger partial charge >= 0.3 is 6.03 Å². The lowest BCUT2D eigenvalue weighted by Crippen LogP contribution is -2.38. The molecule has 0 heterocycles. The number of nitrogens with one attached hydrogen (secondary N) is 3. The van der Waals surface area contributed by atoms with Crippen LogP contribution < -0.4 is 16.0 Å². The Bertz CT molecular complexity index is 443. The van der Waals surface area contributed by atoms with Gasteiger partial charge in [-0.3, -0.25) is 4.79 Å². The molecule has 1 aromatic rings. The largest absolute Gasteiger partial charge is 0.337 e. The second-order valence-electron chi connectivity index (χ2n) is 4.68. The summed E-state index contributed by atoms with van der Waals surface area (Å²) in [5, 5.41) is 8.73. The normalized spacial score (nSPS) is 9.95. The highest BCUT2D eigenvalue weighted by Gasteiger charge is 2.00. The van der Waals surface area contributed by atoms with E-state index in [-0.39, 0.29) is 11.9 Å². The van der Waals surface area contributed by atoms with Crippen LogP contribution in [0.4, 0.5) is 10.5 Å². The van der Waals surface area contributed by atoms with Crippen LogP contribution in [0.1, 0.15) is 12.5 Å². The molecule has 0 saturated carbocycles. The van der Waals surface area contributed by atoms with E-state index in [4.69, 9.17) is 0 Å². The molecule has 0 aromatic heterocycles. The molecule has 3 N–H and O–H groups in total. The van der Waals surface area contributed by atoms with Crippen LogP contribution in [0.5, 0.6) is 0 Å². The summed E-state index contributed by atoms with van der Waals surface area (Å²) in [7, 11) is 3.42. The molecular weight excluding hydrogens is 256 g/mol. The molecule has 3 amide bonds. The minimum Gasteiger partial charge on any atom is -0.337 e. The summed E-state index contributed by atoms with van der Waals surface area (Å²) < 4.78 is 0. The van der Waals surface area contributed by atoms with Gasteiger partial charge in [0.25, 0.3) is 0 Å². The Kier molecular flexibility index (Phi) is 6.52. The van der Waals surface area contributed by atoms with E-state index in [0.717, 1.165) is 17.8 Å². The van der Waals surface area contributed by atoms with Crippen molar-refractivity contribution >= 4 is 17.6 Å². The van der Waals surface area contributed by atoms with E-state index < -0.39 is 0 Å². The predicted molar refractivity (Wildman–Crippen MR) is 79.5 cm³/mol. The molecule has 6 nitrogen and oxygen atoms in total. The van der Waals surface area contributed by atoms with Gasteiger partial charge in [-0.25, -0.2) is 4.79 Å². The molecule has 110 valence electrons. The van der Waals surface area contributed by atoms with Crippen molar-refractivity contribution in [2.45, 2.75) is 13.5 Å². The molecular formula is C14H22N4O2. The van der Waals surface area contributed by atoms with Crippen LogP contribution in [0.2, 0.25) is 0 Å². The average Bonchev–Trinajstić information content (AvgIpc) is 2.39. The zero-order chi connectivity index (χ0) is 15.0. The summed E-state index contributed by atoms with van der Waals surface area (Å²) >= 11 is 0. The topological polar surface area (TPSA) is 73.5 Å². The third-order valence-corrected chi connectivity index (χ3v) is 2.59. The highest BCUT2D eigenvalue weighted by molar-refractivity contribution is 5.88. The fraction of sp³-hybridized carbons (Fsp3) is 0.429. The Morgan fingerprint density at radius 3 is 2.30 bits per heavy atom. The molecule has 0 bridgehead atoms. The van der Waals surface area contributed by atoms with E-state index in [1.54, 1.807) is 14.1 Å². The Labute approximate surface area is 119 Å². The molecule has 0 aliphatic heterocycles. The van der Waals surface area contributed by atoms with E-state index >= 15 is 0 Å². The maximum absolute atomic E-state index is 11.3. The quantitative estimate of drug-likeness (QED) is 0.680. The summed E-state index contributed by atoms with van der Waals surface area (Å²) in [6.07, 6.45) is 0. The molecule has 0 fully saturated rings. The minimum atomic E-state index is -0.0912. The van der Waals surface area contributed by atoms with Crippen molar-refractivity contribution in [3.63, 3.8) is 0 Å². The number of rotatable bonds is 6. The van der Waals surface area contributed by atoms with E-state index in [9.17, 15) is 9.59 Å². The van der Waals surface area contributed by atoms with Crippen LogP contribution in [0.25, 0.3) is 0 Å². The second kappa shape index (κ2) is 8.16. The Hall–Kier alpha value is -2.08. The molecule has 20 heavy (non-hydrogen) atoms. The molecule has 0 radical (unpaired) electrons. The summed E-state index contributed by atoms with van der Waals surface area (Å²) in [4.78, 5) is 23.6. The lowest BCUT2D eigenvalue weighted by Gasteiger charge is -2.12. The third kappa shape index (κ3) is 6.19. The van der Waals surface area contributed by atoms with Crippen molar-refractivity contribution in [3.05, 3.63) is 29.8 Å². The number of nitrogens with zero attached hydrogens (tertiary/aromatic N) is 1. The van der Waals surface area contributed by atoms with Crippen molar-refractivity contribution in [1.82, 2.24) is 15.5 Å². The lowest BCUT2D eigenvalue weighted by molar-refractivity contribution is -0.114. The van der Waals surface area contributed by atoms with Crippen molar-refractivity contribution in [2.75, 3.05) is 32.5 Å². The molecule has 0 unspecified atom stereocenters. The molecule has 0 aliphatic rings. The Morgan fingerprint density at radius 2 is 1.75 bits per heavy atom. The van der Waals surface area contributed by atoms with Gasteiger partial charge in [0.2, 0.25) is 5.91 Å².